The molecule has 42 heavy (non-hydrogen) atoms. The topological polar surface area (TPSA) is 25.8 Å². The molecule has 0 radical (unpaired) electrons. The summed E-state index contributed by atoms with van der Waals surface area (Å²) in [5, 5.41) is 0. The Morgan fingerprint density at radius 3 is 1.52 bits per heavy atom. The average molecular weight is 557 g/mol. The molecule has 2 heterocycles. The second-order valence-corrected chi connectivity index (χ2v) is 12.3. The normalized spacial score (nSPS) is 11.7. The molecule has 1 aliphatic carbocycles. The van der Waals surface area contributed by atoms with Crippen LogP contribution in [-0.4, -0.2) is 9.97 Å². The van der Waals surface area contributed by atoms with Gasteiger partial charge in [0, 0.05) is 10.4 Å². The Balaban J connectivity index is 1.38. The lowest BCUT2D eigenvalue weighted by atomic mass is 9.80. The number of fused-ring (bicyclic) bond motifs is 9. The monoisotopic (exact) mass is 556 g/mol. The molecule has 5 aromatic carbocycles. The Hall–Kier alpha value is -4.86. The van der Waals surface area contributed by atoms with E-state index in [1.165, 1.54) is 71.6 Å². The Morgan fingerprint density at radius 1 is 0.476 bits per heavy atom. The molecular weight excluding hydrogens is 529 g/mol. The molecular formula is C39H28N2S. The summed E-state index contributed by atoms with van der Waals surface area (Å²) in [5.41, 5.74) is 18.2. The van der Waals surface area contributed by atoms with Crippen LogP contribution in [0, 0.1) is 20.8 Å². The van der Waals surface area contributed by atoms with Crippen LogP contribution in [0.25, 0.3) is 76.4 Å². The SMILES string of the molecule is Cc1cc(C)cc(-c2ncnc3c(C)c(-c4ccc5c(c4)-c4ccccc4-c4ccccc4-c4ccccc4-5)sc23)c1. The van der Waals surface area contributed by atoms with Crippen LogP contribution in [0.15, 0.2) is 116 Å². The number of thiophene rings is 1. The van der Waals surface area contributed by atoms with E-state index < -0.39 is 0 Å². The zero-order valence-corrected chi connectivity index (χ0v) is 24.6. The highest BCUT2D eigenvalue weighted by Gasteiger charge is 2.23. The predicted octanol–water partition coefficient (Wildman–Crippen LogP) is 10.9. The van der Waals surface area contributed by atoms with Crippen LogP contribution in [0.4, 0.5) is 0 Å². The van der Waals surface area contributed by atoms with Crippen molar-refractivity contribution < 1.29 is 0 Å². The largest absolute Gasteiger partial charge is 0.235 e. The Labute approximate surface area is 250 Å². The van der Waals surface area contributed by atoms with Gasteiger partial charge >= 0.3 is 0 Å². The van der Waals surface area contributed by atoms with Crippen LogP contribution in [0.3, 0.4) is 0 Å². The number of aromatic nitrogens is 2. The van der Waals surface area contributed by atoms with Crippen LogP contribution in [0.2, 0.25) is 0 Å². The molecule has 0 N–H and O–H groups in total. The van der Waals surface area contributed by atoms with Crippen LogP contribution in [0.1, 0.15) is 16.7 Å². The van der Waals surface area contributed by atoms with Crippen molar-refractivity contribution in [2.45, 2.75) is 20.8 Å². The average Bonchev–Trinajstić information content (AvgIpc) is 3.36. The highest BCUT2D eigenvalue weighted by Crippen LogP contribution is 2.49. The first-order valence-corrected chi connectivity index (χ1v) is 15.1. The van der Waals surface area contributed by atoms with Crippen LogP contribution in [-0.2, 0) is 0 Å². The van der Waals surface area contributed by atoms with E-state index in [1.54, 1.807) is 17.7 Å². The molecule has 0 fully saturated rings. The third-order valence-corrected chi connectivity index (χ3v) is 9.76. The molecule has 8 rings (SSSR count). The zero-order chi connectivity index (χ0) is 28.4. The first kappa shape index (κ1) is 24.9. The number of hydrogen-bond donors (Lipinski definition) is 0. The number of hydrogen-bond acceptors (Lipinski definition) is 3. The summed E-state index contributed by atoms with van der Waals surface area (Å²) in [4.78, 5) is 10.8. The molecule has 0 bridgehead atoms. The van der Waals surface area contributed by atoms with Crippen LogP contribution < -0.4 is 0 Å². The molecule has 7 aromatic rings. The lowest BCUT2D eigenvalue weighted by Crippen LogP contribution is -1.97. The Kier molecular flexibility index (Phi) is 5.70. The maximum atomic E-state index is 4.78. The van der Waals surface area contributed by atoms with E-state index in [4.69, 9.17) is 9.97 Å². The third kappa shape index (κ3) is 3.85. The van der Waals surface area contributed by atoms with Crippen molar-refractivity contribution in [1.82, 2.24) is 9.97 Å². The van der Waals surface area contributed by atoms with Gasteiger partial charge in [-0.25, -0.2) is 9.97 Å². The minimum Gasteiger partial charge on any atom is -0.235 e. The van der Waals surface area contributed by atoms with Gasteiger partial charge in [0.15, 0.2) is 0 Å². The number of rotatable bonds is 2. The maximum Gasteiger partial charge on any atom is 0.116 e. The molecule has 0 atom stereocenters. The van der Waals surface area contributed by atoms with Crippen molar-refractivity contribution in [3.05, 3.63) is 132 Å². The van der Waals surface area contributed by atoms with E-state index >= 15 is 0 Å². The van der Waals surface area contributed by atoms with E-state index in [0.29, 0.717) is 0 Å². The van der Waals surface area contributed by atoms with Gasteiger partial charge in [-0.1, -0.05) is 102 Å². The summed E-state index contributed by atoms with van der Waals surface area (Å²) < 4.78 is 1.14. The summed E-state index contributed by atoms with van der Waals surface area (Å²) in [6.45, 7) is 6.49. The second-order valence-electron chi connectivity index (χ2n) is 11.2. The predicted molar refractivity (Wildman–Crippen MR) is 178 cm³/mol. The fourth-order valence-corrected chi connectivity index (χ4v) is 7.89. The summed E-state index contributed by atoms with van der Waals surface area (Å²) in [6, 6.07) is 40.1. The zero-order valence-electron chi connectivity index (χ0n) is 23.8. The fourth-order valence-electron chi connectivity index (χ4n) is 6.62. The molecule has 0 spiro atoms. The van der Waals surface area contributed by atoms with Gasteiger partial charge in [0.05, 0.1) is 15.9 Å². The van der Waals surface area contributed by atoms with Crippen molar-refractivity contribution >= 4 is 21.6 Å². The van der Waals surface area contributed by atoms with Gasteiger partial charge in [-0.3, -0.25) is 0 Å². The van der Waals surface area contributed by atoms with Crippen LogP contribution >= 0.6 is 11.3 Å². The van der Waals surface area contributed by atoms with Gasteiger partial charge in [0.1, 0.15) is 6.33 Å². The van der Waals surface area contributed by atoms with E-state index in [2.05, 4.69) is 130 Å². The highest BCUT2D eigenvalue weighted by atomic mass is 32.1. The summed E-state index contributed by atoms with van der Waals surface area (Å²) in [6.07, 6.45) is 1.71. The fraction of sp³-hybridized carbons (Fsp3) is 0.0769. The van der Waals surface area contributed by atoms with E-state index in [9.17, 15) is 0 Å². The van der Waals surface area contributed by atoms with Crippen molar-refractivity contribution in [1.29, 1.82) is 0 Å². The highest BCUT2D eigenvalue weighted by molar-refractivity contribution is 7.23. The van der Waals surface area contributed by atoms with Gasteiger partial charge in [0.25, 0.3) is 0 Å². The summed E-state index contributed by atoms with van der Waals surface area (Å²) in [5.74, 6) is 0. The Morgan fingerprint density at radius 2 is 0.976 bits per heavy atom. The van der Waals surface area contributed by atoms with Gasteiger partial charge < -0.3 is 0 Å². The number of aryl methyl sites for hydroxylation is 3. The Bertz CT molecular complexity index is 2160. The van der Waals surface area contributed by atoms with Gasteiger partial charge in [-0.05, 0) is 94.6 Å². The van der Waals surface area contributed by atoms with Crippen LogP contribution in [0.5, 0.6) is 0 Å². The number of benzene rings is 5. The summed E-state index contributed by atoms with van der Waals surface area (Å²) >= 11 is 1.80. The van der Waals surface area contributed by atoms with E-state index in [0.717, 1.165) is 21.5 Å². The molecule has 0 aliphatic heterocycles. The quantitative estimate of drug-likeness (QED) is 0.212. The van der Waals surface area contributed by atoms with Crippen molar-refractivity contribution in [2.75, 3.05) is 0 Å². The molecule has 3 heteroatoms. The van der Waals surface area contributed by atoms with Gasteiger partial charge in [-0.2, -0.15) is 0 Å². The second kappa shape index (κ2) is 9.61. The minimum atomic E-state index is 1.01. The first-order chi connectivity index (χ1) is 20.6. The molecule has 0 saturated carbocycles. The number of nitrogens with zero attached hydrogens (tertiary/aromatic N) is 2. The molecule has 0 saturated heterocycles. The molecule has 0 unspecified atom stereocenters. The summed E-state index contributed by atoms with van der Waals surface area (Å²) in [7, 11) is 0. The van der Waals surface area contributed by atoms with E-state index in [-0.39, 0.29) is 0 Å². The lowest BCUT2D eigenvalue weighted by Gasteiger charge is -2.23. The minimum absolute atomic E-state index is 1.01. The molecule has 2 aromatic heterocycles. The molecule has 0 amide bonds. The van der Waals surface area contributed by atoms with Gasteiger partial charge in [0.2, 0.25) is 0 Å². The van der Waals surface area contributed by atoms with Gasteiger partial charge in [-0.15, -0.1) is 11.3 Å². The maximum absolute atomic E-state index is 4.78. The van der Waals surface area contributed by atoms with Crippen molar-refractivity contribution in [3.63, 3.8) is 0 Å². The molecule has 200 valence electrons. The third-order valence-electron chi connectivity index (χ3n) is 8.42. The molecule has 2 nitrogen and oxygen atoms in total. The smallest absolute Gasteiger partial charge is 0.116 e. The lowest BCUT2D eigenvalue weighted by molar-refractivity contribution is 1.22. The standard InChI is InChI=1S/C39H28N2S/c1-23-18-24(2)20-27(19-23)37-39-36(40-22-41-37)25(3)38(42-39)26-16-17-34-32-14-7-6-12-30(32)28-10-4-5-11-29(28)31-13-8-9-15-33(31)35(34)21-26/h4-22H,1-3H3. The molecule has 1 aliphatic rings. The van der Waals surface area contributed by atoms with Crippen molar-refractivity contribution in [3.8, 4) is 66.2 Å². The van der Waals surface area contributed by atoms with Crippen molar-refractivity contribution in [2.24, 2.45) is 0 Å². The van der Waals surface area contributed by atoms with E-state index in [1.807, 2.05) is 0 Å². The first-order valence-electron chi connectivity index (χ1n) is 14.3.